The van der Waals surface area contributed by atoms with Crippen LogP contribution in [0.25, 0.3) is 17.2 Å². The Hall–Kier alpha value is -2.47. The lowest BCUT2D eigenvalue weighted by Gasteiger charge is -2.28. The van der Waals surface area contributed by atoms with Crippen LogP contribution in [0.3, 0.4) is 0 Å². The molecular weight excluding hydrogens is 290 g/mol. The van der Waals surface area contributed by atoms with Gasteiger partial charge in [0.05, 0.1) is 19.4 Å². The molecule has 3 aromatic rings. The fourth-order valence-electron chi connectivity index (χ4n) is 2.87. The maximum atomic E-state index is 5.43. The van der Waals surface area contributed by atoms with Gasteiger partial charge in [-0.15, -0.1) is 0 Å². The van der Waals surface area contributed by atoms with Crippen LogP contribution in [0.5, 0.6) is 0 Å². The van der Waals surface area contributed by atoms with Gasteiger partial charge in [-0.25, -0.2) is 15.0 Å². The molecule has 0 saturated carbocycles. The Kier molecular flexibility index (Phi) is 3.46. The fraction of sp³-hybridized carbons (Fsp3) is 0.353. The molecular formula is C17H19N5O. The molecule has 0 bridgehead atoms. The number of hydrogen-bond donors (Lipinski definition) is 0. The van der Waals surface area contributed by atoms with Gasteiger partial charge in [0.15, 0.2) is 5.82 Å². The van der Waals surface area contributed by atoms with Gasteiger partial charge in [0, 0.05) is 31.0 Å². The van der Waals surface area contributed by atoms with Crippen LogP contribution in [0.15, 0.2) is 30.6 Å². The van der Waals surface area contributed by atoms with E-state index < -0.39 is 0 Å². The van der Waals surface area contributed by atoms with E-state index in [1.807, 2.05) is 29.7 Å². The highest BCUT2D eigenvalue weighted by Crippen LogP contribution is 2.22. The van der Waals surface area contributed by atoms with Gasteiger partial charge in [-0.3, -0.25) is 4.40 Å². The third-order valence-electron chi connectivity index (χ3n) is 4.06. The second-order valence-electron chi connectivity index (χ2n) is 5.87. The molecule has 23 heavy (non-hydrogen) atoms. The Morgan fingerprint density at radius 2 is 1.91 bits per heavy atom. The molecule has 0 unspecified atom stereocenters. The summed E-state index contributed by atoms with van der Waals surface area (Å²) in [6, 6.07) is 6.10. The highest BCUT2D eigenvalue weighted by Gasteiger charge is 2.16. The lowest BCUT2D eigenvalue weighted by molar-refractivity contribution is 0.122. The molecule has 6 heteroatoms. The van der Waals surface area contributed by atoms with Crippen molar-refractivity contribution in [2.45, 2.75) is 13.8 Å². The highest BCUT2D eigenvalue weighted by atomic mass is 16.5. The van der Waals surface area contributed by atoms with Crippen LogP contribution in [0.1, 0.15) is 11.3 Å². The van der Waals surface area contributed by atoms with E-state index in [2.05, 4.69) is 34.1 Å². The van der Waals surface area contributed by atoms with E-state index in [0.717, 1.165) is 49.2 Å². The first-order chi connectivity index (χ1) is 11.2. The Bertz CT molecular complexity index is 851. The number of ether oxygens (including phenoxy) is 1. The van der Waals surface area contributed by atoms with Gasteiger partial charge >= 0.3 is 0 Å². The van der Waals surface area contributed by atoms with Crippen molar-refractivity contribution in [3.8, 4) is 11.5 Å². The second-order valence-corrected chi connectivity index (χ2v) is 5.87. The van der Waals surface area contributed by atoms with Gasteiger partial charge in [-0.05, 0) is 25.5 Å². The van der Waals surface area contributed by atoms with Crippen molar-refractivity contribution in [3.63, 3.8) is 0 Å². The smallest absolute Gasteiger partial charge is 0.180 e. The third-order valence-corrected chi connectivity index (χ3v) is 4.06. The maximum absolute atomic E-state index is 5.43. The van der Waals surface area contributed by atoms with Gasteiger partial charge in [0.1, 0.15) is 17.2 Å². The third kappa shape index (κ3) is 2.66. The zero-order chi connectivity index (χ0) is 15.8. The minimum atomic E-state index is 0.713. The minimum Gasteiger partial charge on any atom is -0.378 e. The first-order valence-electron chi connectivity index (χ1n) is 7.83. The van der Waals surface area contributed by atoms with Crippen molar-refractivity contribution >= 4 is 11.5 Å². The Morgan fingerprint density at radius 1 is 1.09 bits per heavy atom. The normalized spacial score (nSPS) is 15.3. The second kappa shape index (κ2) is 5.62. The summed E-state index contributed by atoms with van der Waals surface area (Å²) >= 11 is 0. The van der Waals surface area contributed by atoms with Crippen molar-refractivity contribution in [2.24, 2.45) is 0 Å². The number of rotatable bonds is 2. The van der Waals surface area contributed by atoms with Gasteiger partial charge in [-0.1, -0.05) is 6.07 Å². The SMILES string of the molecule is Cc1ccc2ncc(-c3nc(C)cc(N4CCOCC4)n3)n2c1. The maximum Gasteiger partial charge on any atom is 0.180 e. The largest absolute Gasteiger partial charge is 0.378 e. The highest BCUT2D eigenvalue weighted by molar-refractivity contribution is 5.59. The molecule has 4 heterocycles. The van der Waals surface area contributed by atoms with Crippen molar-refractivity contribution in [2.75, 3.05) is 31.2 Å². The Morgan fingerprint density at radius 3 is 2.74 bits per heavy atom. The average Bonchev–Trinajstić information content (AvgIpc) is 2.98. The summed E-state index contributed by atoms with van der Waals surface area (Å²) in [6.45, 7) is 7.29. The standard InChI is InChI=1S/C17H19N5O/c1-12-3-4-15-18-10-14(22(15)11-12)17-19-13(2)9-16(20-17)21-5-7-23-8-6-21/h3-4,9-11H,5-8H2,1-2H3. The Balaban J connectivity index is 1.81. The molecule has 0 atom stereocenters. The molecule has 1 saturated heterocycles. The minimum absolute atomic E-state index is 0.713. The van der Waals surface area contributed by atoms with E-state index in [9.17, 15) is 0 Å². The number of aryl methyl sites for hydroxylation is 2. The van der Waals surface area contributed by atoms with E-state index in [1.165, 1.54) is 5.56 Å². The van der Waals surface area contributed by atoms with Crippen molar-refractivity contribution < 1.29 is 4.74 Å². The molecule has 0 spiro atoms. The monoisotopic (exact) mass is 309 g/mol. The molecule has 1 aliphatic heterocycles. The van der Waals surface area contributed by atoms with E-state index in [-0.39, 0.29) is 0 Å². The summed E-state index contributed by atoms with van der Waals surface area (Å²) in [5.74, 6) is 1.67. The first-order valence-corrected chi connectivity index (χ1v) is 7.83. The van der Waals surface area contributed by atoms with E-state index in [1.54, 1.807) is 0 Å². The summed E-state index contributed by atoms with van der Waals surface area (Å²) in [5.41, 5.74) is 3.96. The number of imidazole rings is 1. The molecule has 0 aliphatic carbocycles. The average molecular weight is 309 g/mol. The molecule has 4 rings (SSSR count). The number of nitrogens with zero attached hydrogens (tertiary/aromatic N) is 5. The zero-order valence-electron chi connectivity index (χ0n) is 13.4. The van der Waals surface area contributed by atoms with E-state index in [4.69, 9.17) is 9.72 Å². The van der Waals surface area contributed by atoms with Crippen LogP contribution in [-0.4, -0.2) is 45.7 Å². The van der Waals surface area contributed by atoms with Crippen LogP contribution in [0.2, 0.25) is 0 Å². The summed E-state index contributed by atoms with van der Waals surface area (Å²) in [6.07, 6.45) is 3.91. The van der Waals surface area contributed by atoms with Gasteiger partial charge < -0.3 is 9.64 Å². The summed E-state index contributed by atoms with van der Waals surface area (Å²) < 4.78 is 7.47. The fourth-order valence-corrected chi connectivity index (χ4v) is 2.87. The summed E-state index contributed by atoms with van der Waals surface area (Å²) in [5, 5.41) is 0. The number of anilines is 1. The lowest BCUT2D eigenvalue weighted by Crippen LogP contribution is -2.36. The summed E-state index contributed by atoms with van der Waals surface area (Å²) in [4.78, 5) is 16.1. The molecule has 0 amide bonds. The number of aromatic nitrogens is 4. The molecule has 118 valence electrons. The van der Waals surface area contributed by atoms with E-state index >= 15 is 0 Å². The van der Waals surface area contributed by atoms with Gasteiger partial charge in [-0.2, -0.15) is 0 Å². The molecule has 0 N–H and O–H groups in total. The topological polar surface area (TPSA) is 55.5 Å². The van der Waals surface area contributed by atoms with Crippen LogP contribution in [-0.2, 0) is 4.74 Å². The molecule has 1 fully saturated rings. The van der Waals surface area contributed by atoms with Gasteiger partial charge in [0.25, 0.3) is 0 Å². The van der Waals surface area contributed by atoms with Crippen LogP contribution in [0, 0.1) is 13.8 Å². The van der Waals surface area contributed by atoms with Crippen LogP contribution >= 0.6 is 0 Å². The molecule has 0 aromatic carbocycles. The molecule has 1 aliphatic rings. The van der Waals surface area contributed by atoms with Crippen molar-refractivity contribution in [1.29, 1.82) is 0 Å². The summed E-state index contributed by atoms with van der Waals surface area (Å²) in [7, 11) is 0. The van der Waals surface area contributed by atoms with Crippen LogP contribution < -0.4 is 4.90 Å². The predicted molar refractivity (Wildman–Crippen MR) is 88.7 cm³/mol. The first kappa shape index (κ1) is 14.1. The molecule has 0 radical (unpaired) electrons. The number of morpholine rings is 1. The van der Waals surface area contributed by atoms with Gasteiger partial charge in [0.2, 0.25) is 0 Å². The number of fused-ring (bicyclic) bond motifs is 1. The van der Waals surface area contributed by atoms with Crippen molar-refractivity contribution in [3.05, 3.63) is 41.9 Å². The Labute approximate surface area is 134 Å². The molecule has 3 aromatic heterocycles. The van der Waals surface area contributed by atoms with Crippen LogP contribution in [0.4, 0.5) is 5.82 Å². The zero-order valence-corrected chi connectivity index (χ0v) is 13.4. The number of hydrogen-bond acceptors (Lipinski definition) is 5. The quantitative estimate of drug-likeness (QED) is 0.727. The lowest BCUT2D eigenvalue weighted by atomic mass is 10.3. The molecule has 6 nitrogen and oxygen atoms in total. The van der Waals surface area contributed by atoms with E-state index in [0.29, 0.717) is 5.82 Å². The predicted octanol–water partition coefficient (Wildman–Crippen LogP) is 2.24. The van der Waals surface area contributed by atoms with Crippen molar-refractivity contribution in [1.82, 2.24) is 19.4 Å². The number of pyridine rings is 1.